The molecule has 0 saturated carbocycles. The number of hydrogen-bond acceptors (Lipinski definition) is 4. The fourth-order valence-electron chi connectivity index (χ4n) is 6.50. The van der Waals surface area contributed by atoms with Crippen molar-refractivity contribution in [3.05, 3.63) is 139 Å². The van der Waals surface area contributed by atoms with Crippen LogP contribution in [-0.2, 0) is 36.6 Å². The summed E-state index contributed by atoms with van der Waals surface area (Å²) in [6.07, 6.45) is 1.13. The second kappa shape index (κ2) is 11.4. The van der Waals surface area contributed by atoms with Gasteiger partial charge >= 0.3 is 5.69 Å². The van der Waals surface area contributed by atoms with E-state index in [0.717, 1.165) is 16.7 Å². The maximum absolute atomic E-state index is 15.0. The molecule has 1 aromatic heterocycles. The molecule has 0 bridgehead atoms. The maximum Gasteiger partial charge on any atom is 0.331 e. The van der Waals surface area contributed by atoms with Crippen LogP contribution in [-0.4, -0.2) is 27.1 Å². The number of halogens is 2. The quantitative estimate of drug-likeness (QED) is 0.295. The number of benzene rings is 3. The number of likely N-dealkylation sites (tertiary alicyclic amines) is 1. The third-order valence-electron chi connectivity index (χ3n) is 8.93. The van der Waals surface area contributed by atoms with Gasteiger partial charge in [0.1, 0.15) is 17.2 Å². The Bertz CT molecular complexity index is 1700. The van der Waals surface area contributed by atoms with Crippen LogP contribution in [0.4, 0.5) is 8.78 Å². The molecule has 0 aliphatic carbocycles. The van der Waals surface area contributed by atoms with Crippen molar-refractivity contribution in [1.29, 1.82) is 0 Å². The predicted molar refractivity (Wildman–Crippen MR) is 157 cm³/mol. The van der Waals surface area contributed by atoms with Gasteiger partial charge in [-0.05, 0) is 60.6 Å². The molecule has 218 valence electrons. The van der Waals surface area contributed by atoms with E-state index >= 15 is 0 Å². The minimum absolute atomic E-state index is 0.0187. The number of aromatic nitrogens is 2. The van der Waals surface area contributed by atoms with Gasteiger partial charge in [-0.25, -0.2) is 13.6 Å². The van der Waals surface area contributed by atoms with Crippen LogP contribution >= 0.6 is 0 Å². The molecule has 0 amide bonds. The van der Waals surface area contributed by atoms with E-state index in [1.807, 2.05) is 56.3 Å². The van der Waals surface area contributed by atoms with Crippen molar-refractivity contribution in [3.8, 4) is 0 Å². The smallest absolute Gasteiger partial charge is 0.331 e. The fraction of sp³-hybridized carbons (Fsp3) is 0.353. The molecule has 42 heavy (non-hydrogen) atoms. The van der Waals surface area contributed by atoms with E-state index in [1.165, 1.54) is 16.7 Å². The van der Waals surface area contributed by atoms with E-state index in [1.54, 1.807) is 22.8 Å². The predicted octanol–water partition coefficient (Wildman–Crippen LogP) is 5.47. The first kappa shape index (κ1) is 28.2. The molecule has 8 heteroatoms. The molecular formula is C34H35F2N3O3. The van der Waals surface area contributed by atoms with E-state index in [4.69, 9.17) is 4.74 Å². The monoisotopic (exact) mass is 571 g/mol. The number of aryl methyl sites for hydroxylation is 1. The normalized spacial score (nSPS) is 17.0. The van der Waals surface area contributed by atoms with Crippen molar-refractivity contribution >= 4 is 0 Å². The van der Waals surface area contributed by atoms with Gasteiger partial charge in [0.2, 0.25) is 0 Å². The van der Waals surface area contributed by atoms with Gasteiger partial charge in [-0.3, -0.25) is 18.8 Å². The van der Waals surface area contributed by atoms with E-state index < -0.39 is 11.3 Å². The summed E-state index contributed by atoms with van der Waals surface area (Å²) in [4.78, 5) is 30.4. The third kappa shape index (κ3) is 5.25. The minimum Gasteiger partial charge on any atom is -0.364 e. The summed E-state index contributed by atoms with van der Waals surface area (Å²) >= 11 is 0. The van der Waals surface area contributed by atoms with Gasteiger partial charge in [-0.15, -0.1) is 0 Å². The third-order valence-corrected chi connectivity index (χ3v) is 8.93. The molecule has 1 fully saturated rings. The van der Waals surface area contributed by atoms with Gasteiger partial charge in [0.05, 0.1) is 24.4 Å². The molecule has 1 atom stereocenters. The van der Waals surface area contributed by atoms with Crippen LogP contribution in [0.5, 0.6) is 0 Å². The van der Waals surface area contributed by atoms with E-state index in [9.17, 15) is 18.4 Å². The van der Waals surface area contributed by atoms with Crippen molar-refractivity contribution in [2.75, 3.05) is 13.1 Å². The Morgan fingerprint density at radius 1 is 0.905 bits per heavy atom. The van der Waals surface area contributed by atoms with Crippen LogP contribution in [0, 0.1) is 18.6 Å². The Hall–Kier alpha value is -3.88. The lowest BCUT2D eigenvalue weighted by atomic mass is 9.85. The first-order chi connectivity index (χ1) is 20.3. The van der Waals surface area contributed by atoms with Crippen molar-refractivity contribution < 1.29 is 13.5 Å². The Morgan fingerprint density at radius 2 is 1.64 bits per heavy atom. The highest BCUT2D eigenvalue weighted by molar-refractivity contribution is 5.33. The Labute approximate surface area is 243 Å². The Balaban J connectivity index is 1.39. The van der Waals surface area contributed by atoms with Gasteiger partial charge in [0.25, 0.3) is 5.56 Å². The lowest BCUT2D eigenvalue weighted by molar-refractivity contribution is -0.0810. The van der Waals surface area contributed by atoms with Crippen LogP contribution < -0.4 is 11.2 Å². The first-order valence-electron chi connectivity index (χ1n) is 14.5. The van der Waals surface area contributed by atoms with Crippen LogP contribution in [0.3, 0.4) is 0 Å². The molecular weight excluding hydrogens is 536 g/mol. The summed E-state index contributed by atoms with van der Waals surface area (Å²) in [6.45, 7) is 6.07. The van der Waals surface area contributed by atoms with Crippen LogP contribution in [0.2, 0.25) is 0 Å². The zero-order chi connectivity index (χ0) is 29.4. The van der Waals surface area contributed by atoms with Crippen LogP contribution in [0.1, 0.15) is 59.2 Å². The van der Waals surface area contributed by atoms with E-state index in [2.05, 4.69) is 4.90 Å². The molecule has 1 spiro atoms. The zero-order valence-corrected chi connectivity index (χ0v) is 24.0. The molecule has 0 radical (unpaired) electrons. The summed E-state index contributed by atoms with van der Waals surface area (Å²) in [5.74, 6) is -0.739. The number of nitrogens with zero attached hydrogens (tertiary/aromatic N) is 3. The average molecular weight is 572 g/mol. The van der Waals surface area contributed by atoms with Crippen molar-refractivity contribution in [2.45, 2.75) is 64.4 Å². The van der Waals surface area contributed by atoms with Crippen molar-refractivity contribution in [2.24, 2.45) is 0 Å². The van der Waals surface area contributed by atoms with Crippen molar-refractivity contribution in [3.63, 3.8) is 0 Å². The lowest BCUT2D eigenvalue weighted by Gasteiger charge is -2.39. The summed E-state index contributed by atoms with van der Waals surface area (Å²) in [6, 6.07) is 21.3. The molecule has 3 heterocycles. The van der Waals surface area contributed by atoms with Crippen molar-refractivity contribution in [1.82, 2.24) is 14.0 Å². The van der Waals surface area contributed by atoms with Gasteiger partial charge < -0.3 is 4.74 Å². The second-order valence-corrected chi connectivity index (χ2v) is 11.6. The molecule has 4 aromatic rings. The van der Waals surface area contributed by atoms with E-state index in [0.29, 0.717) is 49.3 Å². The standard InChI is InChI=1S/C34H35F2N3O3/c1-23-8-6-13-29(36)28(23)21-38-30-22-42-34(14-16-37(17-15-34)20-25-9-7-12-27(35)18-25)31(30)32(40)39(33(38)41)19-24(2)26-10-4-3-5-11-26/h3-13,18,24H,14-17,19-22H2,1-2H3/t24-/m0/s1. The molecule has 0 N–H and O–H groups in total. The average Bonchev–Trinajstić information content (AvgIpc) is 3.35. The number of piperidine rings is 1. The summed E-state index contributed by atoms with van der Waals surface area (Å²) in [5, 5.41) is 0. The number of ether oxygens (including phenoxy) is 1. The summed E-state index contributed by atoms with van der Waals surface area (Å²) in [7, 11) is 0. The first-order valence-corrected chi connectivity index (χ1v) is 14.5. The topological polar surface area (TPSA) is 56.5 Å². The van der Waals surface area contributed by atoms with Gasteiger partial charge in [-0.2, -0.15) is 0 Å². The van der Waals surface area contributed by atoms with Gasteiger partial charge in [-0.1, -0.05) is 61.5 Å². The highest BCUT2D eigenvalue weighted by atomic mass is 19.1. The summed E-state index contributed by atoms with van der Waals surface area (Å²) < 4.78 is 38.0. The van der Waals surface area contributed by atoms with Crippen LogP contribution in [0.25, 0.3) is 0 Å². The maximum atomic E-state index is 15.0. The molecule has 0 unspecified atom stereocenters. The number of fused-ring (bicyclic) bond motifs is 2. The second-order valence-electron chi connectivity index (χ2n) is 11.6. The lowest BCUT2D eigenvalue weighted by Crippen LogP contribution is -2.49. The molecule has 2 aliphatic rings. The van der Waals surface area contributed by atoms with Crippen LogP contribution in [0.15, 0.2) is 82.4 Å². The molecule has 6 nitrogen and oxygen atoms in total. The highest BCUT2D eigenvalue weighted by Crippen LogP contribution is 2.42. The minimum atomic E-state index is -0.831. The summed E-state index contributed by atoms with van der Waals surface area (Å²) in [5.41, 5.74) is 2.53. The highest BCUT2D eigenvalue weighted by Gasteiger charge is 2.47. The largest absolute Gasteiger partial charge is 0.364 e. The number of rotatable bonds is 7. The van der Waals surface area contributed by atoms with E-state index in [-0.39, 0.29) is 42.8 Å². The molecule has 3 aromatic carbocycles. The van der Waals surface area contributed by atoms with Gasteiger partial charge in [0, 0.05) is 31.7 Å². The zero-order valence-electron chi connectivity index (χ0n) is 24.0. The molecule has 6 rings (SSSR count). The van der Waals surface area contributed by atoms with Gasteiger partial charge in [0.15, 0.2) is 0 Å². The Morgan fingerprint density at radius 3 is 2.36 bits per heavy atom. The Kier molecular flexibility index (Phi) is 7.68. The SMILES string of the molecule is Cc1cccc(F)c1Cn1c2c(c(=O)n(C[C@H](C)c3ccccc3)c1=O)C1(CCN(Cc3cccc(F)c3)CC1)OC2. The molecule has 1 saturated heterocycles. The number of hydrogen-bond donors (Lipinski definition) is 0. The molecule has 2 aliphatic heterocycles. The fourth-order valence-corrected chi connectivity index (χ4v) is 6.50.